The number of aliphatic hydroxyl groups is 1. The Labute approximate surface area is 147 Å². The fraction of sp³-hybridized carbons (Fsp3) is 0.412. The molecule has 0 unspecified atom stereocenters. The highest BCUT2D eigenvalue weighted by Crippen LogP contribution is 2.34. The molecule has 4 rings (SSSR count). The molecule has 6 nitrogen and oxygen atoms in total. The summed E-state index contributed by atoms with van der Waals surface area (Å²) in [6.07, 6.45) is 1.56. The van der Waals surface area contributed by atoms with Gasteiger partial charge in [-0.05, 0) is 31.0 Å². The molecule has 2 fully saturated rings. The lowest BCUT2D eigenvalue weighted by atomic mass is 10.1. The maximum Gasteiger partial charge on any atom is 0.272 e. The number of hydrogen-bond acceptors (Lipinski definition) is 4. The number of fused-ring (bicyclic) bond motifs is 1. The third-order valence-corrected chi connectivity index (χ3v) is 5.35. The monoisotopic (exact) mass is 391 g/mol. The third kappa shape index (κ3) is 2.66. The molecule has 2 N–H and O–H groups in total. The van der Waals surface area contributed by atoms with Crippen molar-refractivity contribution in [2.75, 3.05) is 13.2 Å². The van der Waals surface area contributed by atoms with Crippen LogP contribution in [0.15, 0.2) is 34.8 Å². The first-order chi connectivity index (χ1) is 11.7. The van der Waals surface area contributed by atoms with Gasteiger partial charge in [-0.3, -0.25) is 9.89 Å². The van der Waals surface area contributed by atoms with Gasteiger partial charge in [0.25, 0.3) is 5.91 Å². The number of ether oxygens (including phenoxy) is 1. The van der Waals surface area contributed by atoms with E-state index in [1.54, 1.807) is 11.0 Å². The van der Waals surface area contributed by atoms with Crippen LogP contribution in [0.2, 0.25) is 0 Å². The highest BCUT2D eigenvalue weighted by molar-refractivity contribution is 9.10. The van der Waals surface area contributed by atoms with Crippen molar-refractivity contribution in [1.29, 1.82) is 0 Å². The van der Waals surface area contributed by atoms with Crippen LogP contribution in [0.5, 0.6) is 0 Å². The second-order valence-corrected chi connectivity index (χ2v) is 7.14. The van der Waals surface area contributed by atoms with E-state index in [4.69, 9.17) is 4.74 Å². The van der Waals surface area contributed by atoms with Gasteiger partial charge in [-0.1, -0.05) is 28.1 Å². The molecule has 3 heterocycles. The lowest BCUT2D eigenvalue weighted by molar-refractivity contribution is 0.0585. The van der Waals surface area contributed by atoms with Crippen molar-refractivity contribution in [2.24, 2.45) is 0 Å². The van der Waals surface area contributed by atoms with Crippen LogP contribution in [-0.4, -0.2) is 57.5 Å². The van der Waals surface area contributed by atoms with Gasteiger partial charge in [-0.15, -0.1) is 0 Å². The number of aliphatic hydroxyl groups excluding tert-OH is 1. The van der Waals surface area contributed by atoms with Gasteiger partial charge in [-0.2, -0.15) is 5.10 Å². The summed E-state index contributed by atoms with van der Waals surface area (Å²) in [5, 5.41) is 16.7. The highest BCUT2D eigenvalue weighted by Gasteiger charge is 2.47. The quantitative estimate of drug-likeness (QED) is 0.840. The zero-order valence-electron chi connectivity index (χ0n) is 13.0. The van der Waals surface area contributed by atoms with E-state index in [0.717, 1.165) is 22.2 Å². The van der Waals surface area contributed by atoms with Crippen molar-refractivity contribution in [3.05, 3.63) is 40.5 Å². The van der Waals surface area contributed by atoms with Crippen LogP contribution >= 0.6 is 15.9 Å². The summed E-state index contributed by atoms with van der Waals surface area (Å²) in [5.41, 5.74) is 2.11. The third-order valence-electron chi connectivity index (χ3n) is 4.82. The number of nitrogens with zero attached hydrogens (tertiary/aromatic N) is 2. The van der Waals surface area contributed by atoms with Crippen LogP contribution in [-0.2, 0) is 4.74 Å². The van der Waals surface area contributed by atoms with E-state index >= 15 is 0 Å². The van der Waals surface area contributed by atoms with E-state index in [-0.39, 0.29) is 30.7 Å². The van der Waals surface area contributed by atoms with Crippen molar-refractivity contribution in [1.82, 2.24) is 15.1 Å². The predicted octanol–water partition coefficient (Wildman–Crippen LogP) is 2.20. The lowest BCUT2D eigenvalue weighted by Gasteiger charge is -2.27. The molecule has 0 aliphatic carbocycles. The molecule has 126 valence electrons. The minimum atomic E-state index is -0.188. The number of rotatable bonds is 3. The van der Waals surface area contributed by atoms with Gasteiger partial charge in [0, 0.05) is 16.6 Å². The van der Waals surface area contributed by atoms with Crippen molar-refractivity contribution in [2.45, 2.75) is 31.0 Å². The number of amides is 1. The number of carbonyl (C=O) groups excluding carboxylic acids is 1. The van der Waals surface area contributed by atoms with Crippen LogP contribution in [0.25, 0.3) is 11.3 Å². The number of halogens is 1. The van der Waals surface area contributed by atoms with E-state index < -0.39 is 0 Å². The Hall–Kier alpha value is -1.70. The van der Waals surface area contributed by atoms with E-state index in [1.165, 1.54) is 0 Å². The average molecular weight is 392 g/mol. The molecule has 2 aliphatic rings. The number of likely N-dealkylation sites (tertiary alicyclic amines) is 1. The van der Waals surface area contributed by atoms with Gasteiger partial charge in [-0.25, -0.2) is 0 Å². The first-order valence-electron chi connectivity index (χ1n) is 8.04. The summed E-state index contributed by atoms with van der Waals surface area (Å²) in [7, 11) is 0. The highest BCUT2D eigenvalue weighted by atomic mass is 79.9. The van der Waals surface area contributed by atoms with Crippen LogP contribution in [0.4, 0.5) is 0 Å². The molecule has 1 aromatic carbocycles. The maximum absolute atomic E-state index is 12.9. The minimum absolute atomic E-state index is 0.0416. The first-order valence-corrected chi connectivity index (χ1v) is 8.83. The fourth-order valence-electron chi connectivity index (χ4n) is 3.65. The number of aromatic amines is 1. The zero-order chi connectivity index (χ0) is 16.7. The molecule has 0 radical (unpaired) electrons. The van der Waals surface area contributed by atoms with Gasteiger partial charge in [0.15, 0.2) is 0 Å². The van der Waals surface area contributed by atoms with Crippen LogP contribution in [0.1, 0.15) is 23.3 Å². The topological polar surface area (TPSA) is 78.5 Å². The Balaban J connectivity index is 1.59. The number of hydrogen-bond donors (Lipinski definition) is 2. The minimum Gasteiger partial charge on any atom is -0.394 e. The van der Waals surface area contributed by atoms with Gasteiger partial charge in [0.2, 0.25) is 0 Å². The summed E-state index contributed by atoms with van der Waals surface area (Å²) >= 11 is 3.41. The summed E-state index contributed by atoms with van der Waals surface area (Å²) in [4.78, 5) is 14.7. The Morgan fingerprint density at radius 3 is 2.96 bits per heavy atom. The molecule has 0 saturated carbocycles. The van der Waals surface area contributed by atoms with Crippen molar-refractivity contribution < 1.29 is 14.6 Å². The molecule has 1 aromatic heterocycles. The molecule has 2 aliphatic heterocycles. The van der Waals surface area contributed by atoms with Gasteiger partial charge < -0.3 is 14.7 Å². The first kappa shape index (κ1) is 15.8. The Morgan fingerprint density at radius 2 is 2.21 bits per heavy atom. The molecular weight excluding hydrogens is 374 g/mol. The average Bonchev–Trinajstić information content (AvgIpc) is 3.30. The summed E-state index contributed by atoms with van der Waals surface area (Å²) in [5.74, 6) is -0.122. The van der Waals surface area contributed by atoms with Crippen molar-refractivity contribution in [3.8, 4) is 11.3 Å². The van der Waals surface area contributed by atoms with E-state index in [9.17, 15) is 9.90 Å². The largest absolute Gasteiger partial charge is 0.394 e. The van der Waals surface area contributed by atoms with E-state index in [0.29, 0.717) is 18.7 Å². The molecule has 24 heavy (non-hydrogen) atoms. The van der Waals surface area contributed by atoms with Crippen LogP contribution in [0.3, 0.4) is 0 Å². The number of carbonyl (C=O) groups is 1. The van der Waals surface area contributed by atoms with E-state index in [1.807, 2.05) is 24.3 Å². The molecule has 7 heteroatoms. The molecule has 0 spiro atoms. The van der Waals surface area contributed by atoms with Crippen molar-refractivity contribution >= 4 is 21.8 Å². The van der Waals surface area contributed by atoms with Crippen molar-refractivity contribution in [3.63, 3.8) is 0 Å². The summed E-state index contributed by atoms with van der Waals surface area (Å²) < 4.78 is 6.67. The smallest absolute Gasteiger partial charge is 0.272 e. The number of aromatic nitrogens is 2. The molecule has 2 saturated heterocycles. The number of H-pyrrole nitrogens is 1. The molecule has 0 bridgehead atoms. The summed E-state index contributed by atoms with van der Waals surface area (Å²) in [6.45, 7) is 0.625. The zero-order valence-corrected chi connectivity index (χ0v) is 14.6. The second kappa shape index (κ2) is 6.31. The molecule has 3 atom stereocenters. The Bertz CT molecular complexity index is 746. The lowest BCUT2D eigenvalue weighted by Crippen LogP contribution is -2.43. The second-order valence-electron chi connectivity index (χ2n) is 6.22. The summed E-state index contributed by atoms with van der Waals surface area (Å²) in [6, 6.07) is 9.40. The van der Waals surface area contributed by atoms with Gasteiger partial charge in [0.1, 0.15) is 5.69 Å². The van der Waals surface area contributed by atoms with Gasteiger partial charge >= 0.3 is 0 Å². The van der Waals surface area contributed by atoms with Gasteiger partial charge in [0.05, 0.1) is 30.5 Å². The molecule has 2 aromatic rings. The predicted molar refractivity (Wildman–Crippen MR) is 91.5 cm³/mol. The maximum atomic E-state index is 12.9. The molecule has 1 amide bonds. The SMILES string of the molecule is O=C(c1cc(-c2ccc(Br)cc2)n[nH]1)N1[C@H](CO)C[C@@H]2OCC[C@@H]21. The molecular formula is C17H18BrN3O3. The number of nitrogens with one attached hydrogen (secondary N) is 1. The van der Waals surface area contributed by atoms with E-state index in [2.05, 4.69) is 26.1 Å². The van der Waals surface area contributed by atoms with Crippen LogP contribution < -0.4 is 0 Å². The Kier molecular flexibility index (Phi) is 4.15. The van der Waals surface area contributed by atoms with Crippen LogP contribution in [0, 0.1) is 0 Å². The fourth-order valence-corrected chi connectivity index (χ4v) is 3.92. The Morgan fingerprint density at radius 1 is 1.42 bits per heavy atom. The normalized spacial score (nSPS) is 25.9. The standard InChI is InChI=1S/C17H18BrN3O3/c18-11-3-1-10(2-4-11)13-8-14(20-19-13)17(23)21-12(9-22)7-16-15(21)5-6-24-16/h1-4,8,12,15-16,22H,5-7,9H2,(H,19,20)/t12-,15-,16-/m0/s1. The number of benzene rings is 1.